The summed E-state index contributed by atoms with van der Waals surface area (Å²) in [6.45, 7) is 6.37. The molecule has 1 rings (SSSR count). The highest BCUT2D eigenvalue weighted by atomic mass is 32.2. The van der Waals surface area contributed by atoms with Crippen molar-refractivity contribution in [2.45, 2.75) is 26.1 Å². The monoisotopic (exact) mass is 161 g/mol. The van der Waals surface area contributed by atoms with Crippen molar-refractivity contribution in [3.05, 3.63) is 0 Å². The van der Waals surface area contributed by atoms with Crippen molar-refractivity contribution in [3.8, 4) is 0 Å². The number of ether oxygens (including phenoxy) is 1. The van der Waals surface area contributed by atoms with Crippen LogP contribution in [0.3, 0.4) is 0 Å². The smallest absolute Gasteiger partial charge is 0.0687 e. The van der Waals surface area contributed by atoms with Crippen LogP contribution >= 0.6 is 11.9 Å². The van der Waals surface area contributed by atoms with Crippen LogP contribution in [0.15, 0.2) is 0 Å². The molecule has 1 heterocycles. The molecule has 2 atom stereocenters. The molecule has 60 valence electrons. The van der Waals surface area contributed by atoms with Crippen LogP contribution in [0.5, 0.6) is 0 Å². The summed E-state index contributed by atoms with van der Waals surface area (Å²) in [7, 11) is 0. The molecule has 0 aromatic rings. The van der Waals surface area contributed by atoms with Crippen molar-refractivity contribution in [2.24, 2.45) is 0 Å². The van der Waals surface area contributed by atoms with Gasteiger partial charge in [-0.25, -0.2) is 4.31 Å². The molecule has 0 aromatic carbocycles. The molecule has 3 heteroatoms. The fraction of sp³-hybridized carbons (Fsp3) is 1.00. The van der Waals surface area contributed by atoms with E-state index in [0.29, 0.717) is 12.2 Å². The first kappa shape index (κ1) is 8.37. The Balaban J connectivity index is 2.35. The largest absolute Gasteiger partial charge is 0.373 e. The minimum atomic E-state index is 0.399. The Morgan fingerprint density at radius 1 is 1.30 bits per heavy atom. The van der Waals surface area contributed by atoms with Gasteiger partial charge in [-0.2, -0.15) is 0 Å². The summed E-state index contributed by atoms with van der Waals surface area (Å²) >= 11 is 1.81. The first-order valence-corrected chi connectivity index (χ1v) is 4.85. The maximum absolute atomic E-state index is 5.56. The third kappa shape index (κ3) is 2.15. The molecular weight excluding hydrogens is 146 g/mol. The zero-order valence-electron chi connectivity index (χ0n) is 6.83. The quantitative estimate of drug-likeness (QED) is 0.539. The van der Waals surface area contributed by atoms with Gasteiger partial charge in [0.25, 0.3) is 0 Å². The van der Waals surface area contributed by atoms with Crippen molar-refractivity contribution in [2.75, 3.05) is 19.3 Å². The Morgan fingerprint density at radius 3 is 2.20 bits per heavy atom. The van der Waals surface area contributed by atoms with Crippen LogP contribution in [-0.2, 0) is 4.74 Å². The average Bonchev–Trinajstić information content (AvgIpc) is 1.85. The lowest BCUT2D eigenvalue weighted by Crippen LogP contribution is -2.41. The van der Waals surface area contributed by atoms with Gasteiger partial charge in [0.2, 0.25) is 0 Å². The van der Waals surface area contributed by atoms with Crippen LogP contribution in [0.4, 0.5) is 0 Å². The fourth-order valence-corrected chi connectivity index (χ4v) is 2.00. The molecule has 1 fully saturated rings. The summed E-state index contributed by atoms with van der Waals surface area (Å²) in [5.74, 6) is 0. The molecule has 0 spiro atoms. The molecule has 0 amide bonds. The maximum atomic E-state index is 5.56. The first-order chi connectivity index (χ1) is 4.72. The Hall–Kier alpha value is 0.270. The SMILES string of the molecule is CSN1CC(C)OC(C)C1. The van der Waals surface area contributed by atoms with E-state index < -0.39 is 0 Å². The van der Waals surface area contributed by atoms with Crippen molar-refractivity contribution in [3.63, 3.8) is 0 Å². The summed E-state index contributed by atoms with van der Waals surface area (Å²) in [5.41, 5.74) is 0. The summed E-state index contributed by atoms with van der Waals surface area (Å²) in [6, 6.07) is 0. The Bertz CT molecular complexity index is 99.8. The van der Waals surface area contributed by atoms with Crippen LogP contribution in [0.2, 0.25) is 0 Å². The van der Waals surface area contributed by atoms with E-state index in [2.05, 4.69) is 24.4 Å². The molecule has 0 saturated carbocycles. The molecule has 0 N–H and O–H groups in total. The third-order valence-corrected chi connectivity index (χ3v) is 2.46. The van der Waals surface area contributed by atoms with Crippen molar-refractivity contribution in [1.29, 1.82) is 0 Å². The van der Waals surface area contributed by atoms with Crippen molar-refractivity contribution < 1.29 is 4.74 Å². The molecular formula is C7H15NOS. The van der Waals surface area contributed by atoms with E-state index in [4.69, 9.17) is 4.74 Å². The summed E-state index contributed by atoms with van der Waals surface area (Å²) < 4.78 is 7.91. The highest BCUT2D eigenvalue weighted by molar-refractivity contribution is 7.96. The van der Waals surface area contributed by atoms with Crippen LogP contribution in [0, 0.1) is 0 Å². The molecule has 10 heavy (non-hydrogen) atoms. The van der Waals surface area contributed by atoms with Gasteiger partial charge in [-0.05, 0) is 20.1 Å². The van der Waals surface area contributed by atoms with E-state index in [9.17, 15) is 0 Å². The topological polar surface area (TPSA) is 12.5 Å². The van der Waals surface area contributed by atoms with Crippen LogP contribution in [0.25, 0.3) is 0 Å². The van der Waals surface area contributed by atoms with Gasteiger partial charge in [0.05, 0.1) is 12.2 Å². The van der Waals surface area contributed by atoms with E-state index in [1.807, 2.05) is 0 Å². The molecule has 0 aromatic heterocycles. The van der Waals surface area contributed by atoms with Gasteiger partial charge >= 0.3 is 0 Å². The van der Waals surface area contributed by atoms with Crippen LogP contribution in [-0.4, -0.2) is 35.9 Å². The second-order valence-electron chi connectivity index (χ2n) is 2.79. The molecule has 0 bridgehead atoms. The van der Waals surface area contributed by atoms with E-state index in [1.165, 1.54) is 0 Å². The predicted octanol–water partition coefficient (Wildman–Crippen LogP) is 1.37. The van der Waals surface area contributed by atoms with Gasteiger partial charge in [0.15, 0.2) is 0 Å². The standard InChI is InChI=1S/C7H15NOS/c1-6-4-8(10-3)5-7(2)9-6/h6-7H,4-5H2,1-3H3. The summed E-state index contributed by atoms with van der Waals surface area (Å²) in [4.78, 5) is 0. The minimum Gasteiger partial charge on any atom is -0.373 e. The zero-order valence-corrected chi connectivity index (χ0v) is 7.65. The number of rotatable bonds is 1. The van der Waals surface area contributed by atoms with Crippen LogP contribution < -0.4 is 0 Å². The lowest BCUT2D eigenvalue weighted by atomic mass is 10.3. The van der Waals surface area contributed by atoms with Gasteiger partial charge in [-0.1, -0.05) is 11.9 Å². The molecule has 1 aliphatic rings. The van der Waals surface area contributed by atoms with E-state index in [-0.39, 0.29) is 0 Å². The number of hydrogen-bond acceptors (Lipinski definition) is 3. The first-order valence-electron chi connectivity index (χ1n) is 3.67. The molecule has 1 aliphatic heterocycles. The Kier molecular flexibility index (Phi) is 3.01. The van der Waals surface area contributed by atoms with E-state index in [1.54, 1.807) is 11.9 Å². The molecule has 0 aliphatic carbocycles. The van der Waals surface area contributed by atoms with Crippen LogP contribution in [0.1, 0.15) is 13.8 Å². The Morgan fingerprint density at radius 2 is 1.80 bits per heavy atom. The van der Waals surface area contributed by atoms with E-state index in [0.717, 1.165) is 13.1 Å². The fourth-order valence-electron chi connectivity index (χ4n) is 1.28. The second kappa shape index (κ2) is 3.60. The van der Waals surface area contributed by atoms with Gasteiger partial charge in [0.1, 0.15) is 0 Å². The Labute approximate surface area is 67.1 Å². The normalized spacial score (nSPS) is 36.3. The van der Waals surface area contributed by atoms with Gasteiger partial charge in [-0.15, -0.1) is 0 Å². The predicted molar refractivity (Wildman–Crippen MR) is 45.1 cm³/mol. The summed E-state index contributed by atoms with van der Waals surface area (Å²) in [5, 5.41) is 0. The van der Waals surface area contributed by atoms with Gasteiger partial charge < -0.3 is 4.74 Å². The number of nitrogens with zero attached hydrogens (tertiary/aromatic N) is 1. The van der Waals surface area contributed by atoms with Gasteiger partial charge in [0, 0.05) is 13.1 Å². The molecule has 2 nitrogen and oxygen atoms in total. The van der Waals surface area contributed by atoms with Crippen molar-refractivity contribution >= 4 is 11.9 Å². The highest BCUT2D eigenvalue weighted by Gasteiger charge is 2.20. The van der Waals surface area contributed by atoms with Crippen molar-refractivity contribution in [1.82, 2.24) is 4.31 Å². The molecule has 0 radical (unpaired) electrons. The average molecular weight is 161 g/mol. The number of morpholine rings is 1. The highest BCUT2D eigenvalue weighted by Crippen LogP contribution is 2.15. The lowest BCUT2D eigenvalue weighted by molar-refractivity contribution is -0.0413. The molecule has 1 saturated heterocycles. The third-order valence-electron chi connectivity index (χ3n) is 1.64. The number of hydrogen-bond donors (Lipinski definition) is 0. The van der Waals surface area contributed by atoms with E-state index >= 15 is 0 Å². The molecule has 2 unspecified atom stereocenters. The summed E-state index contributed by atoms with van der Waals surface area (Å²) in [6.07, 6.45) is 2.91. The minimum absolute atomic E-state index is 0.399. The lowest BCUT2D eigenvalue weighted by Gasteiger charge is -2.33. The second-order valence-corrected chi connectivity index (χ2v) is 3.67. The maximum Gasteiger partial charge on any atom is 0.0687 e. The van der Waals surface area contributed by atoms with Gasteiger partial charge in [-0.3, -0.25) is 0 Å². The zero-order chi connectivity index (χ0) is 7.56.